The molecular formula is C27H42N2O. The van der Waals surface area contributed by atoms with Gasteiger partial charge in [0.05, 0.1) is 6.61 Å². The molecule has 0 spiro atoms. The van der Waals surface area contributed by atoms with E-state index >= 15 is 0 Å². The van der Waals surface area contributed by atoms with Crippen LogP contribution in [0.4, 0.5) is 0 Å². The van der Waals surface area contributed by atoms with E-state index in [2.05, 4.69) is 62.1 Å². The maximum absolute atomic E-state index is 8.81. The first-order valence-electron chi connectivity index (χ1n) is 12.2. The third-order valence-electron chi connectivity index (χ3n) is 5.70. The molecule has 0 amide bonds. The topological polar surface area (TPSA) is 36.3 Å². The van der Waals surface area contributed by atoms with Crippen molar-refractivity contribution in [1.29, 1.82) is 5.41 Å². The van der Waals surface area contributed by atoms with Crippen molar-refractivity contribution in [2.75, 3.05) is 19.7 Å². The van der Waals surface area contributed by atoms with Crippen molar-refractivity contribution in [2.45, 2.75) is 85.0 Å². The molecule has 3 heteroatoms. The fourth-order valence-corrected chi connectivity index (χ4v) is 4.07. The predicted octanol–water partition coefficient (Wildman–Crippen LogP) is 7.81. The van der Waals surface area contributed by atoms with Crippen LogP contribution in [-0.4, -0.2) is 30.4 Å². The Kier molecular flexibility index (Phi) is 11.4. The van der Waals surface area contributed by atoms with Gasteiger partial charge in [0.1, 0.15) is 11.6 Å². The van der Waals surface area contributed by atoms with Gasteiger partial charge < -0.3 is 9.64 Å². The Morgan fingerprint density at radius 3 is 1.97 bits per heavy atom. The van der Waals surface area contributed by atoms with E-state index in [-0.39, 0.29) is 0 Å². The number of hydrogen-bond acceptors (Lipinski definition) is 2. The number of unbranched alkanes of at least 4 members (excludes halogenated alkanes) is 7. The Morgan fingerprint density at radius 2 is 1.33 bits per heavy atom. The molecule has 0 atom stereocenters. The average molecular weight is 411 g/mol. The van der Waals surface area contributed by atoms with E-state index in [9.17, 15) is 0 Å². The minimum Gasteiger partial charge on any atom is -0.493 e. The Hall–Kier alpha value is -2.03. The molecule has 2 aromatic carbocycles. The van der Waals surface area contributed by atoms with Gasteiger partial charge in [0.15, 0.2) is 0 Å². The van der Waals surface area contributed by atoms with Crippen LogP contribution in [0.15, 0.2) is 36.4 Å². The fraction of sp³-hybridized carbons (Fsp3) is 0.593. The summed E-state index contributed by atoms with van der Waals surface area (Å²) in [7, 11) is 0. The lowest BCUT2D eigenvalue weighted by Gasteiger charge is -2.25. The average Bonchev–Trinajstić information content (AvgIpc) is 2.77. The SMILES string of the molecule is CCCCCCCCCCOc1ccc(C(=N)N(CCC)CCC)c2ccccc12. The van der Waals surface area contributed by atoms with E-state index in [4.69, 9.17) is 10.1 Å². The molecule has 2 aromatic rings. The summed E-state index contributed by atoms with van der Waals surface area (Å²) >= 11 is 0. The summed E-state index contributed by atoms with van der Waals surface area (Å²) < 4.78 is 6.17. The van der Waals surface area contributed by atoms with E-state index in [1.54, 1.807) is 0 Å². The normalized spacial score (nSPS) is 11.0. The van der Waals surface area contributed by atoms with Crippen LogP contribution in [0.5, 0.6) is 5.75 Å². The largest absolute Gasteiger partial charge is 0.493 e. The van der Waals surface area contributed by atoms with Crippen molar-refractivity contribution >= 4 is 16.6 Å². The molecule has 0 unspecified atom stereocenters. The summed E-state index contributed by atoms with van der Waals surface area (Å²) in [5.74, 6) is 1.58. The minimum atomic E-state index is 0.629. The van der Waals surface area contributed by atoms with Gasteiger partial charge in [-0.1, -0.05) is 90.0 Å². The highest BCUT2D eigenvalue weighted by Crippen LogP contribution is 2.29. The van der Waals surface area contributed by atoms with E-state index in [0.717, 1.165) is 61.0 Å². The number of nitrogens with zero attached hydrogens (tertiary/aromatic N) is 1. The van der Waals surface area contributed by atoms with Crippen LogP contribution in [0, 0.1) is 5.41 Å². The van der Waals surface area contributed by atoms with Crippen molar-refractivity contribution in [2.24, 2.45) is 0 Å². The zero-order valence-electron chi connectivity index (χ0n) is 19.5. The van der Waals surface area contributed by atoms with Crippen LogP contribution in [0.25, 0.3) is 10.8 Å². The molecule has 0 aromatic heterocycles. The van der Waals surface area contributed by atoms with E-state index in [1.807, 2.05) is 0 Å². The second-order valence-electron chi connectivity index (χ2n) is 8.32. The van der Waals surface area contributed by atoms with Crippen molar-refractivity contribution in [1.82, 2.24) is 4.90 Å². The second kappa shape index (κ2) is 14.1. The lowest BCUT2D eigenvalue weighted by Crippen LogP contribution is -2.32. The Bertz CT molecular complexity index is 750. The van der Waals surface area contributed by atoms with Crippen LogP contribution >= 0.6 is 0 Å². The highest BCUT2D eigenvalue weighted by molar-refractivity contribution is 6.09. The van der Waals surface area contributed by atoms with Gasteiger partial charge in [-0.05, 0) is 36.8 Å². The molecule has 0 radical (unpaired) electrons. The predicted molar refractivity (Wildman–Crippen MR) is 131 cm³/mol. The lowest BCUT2D eigenvalue weighted by molar-refractivity contribution is 0.307. The first-order valence-corrected chi connectivity index (χ1v) is 12.2. The van der Waals surface area contributed by atoms with Crippen LogP contribution in [0.2, 0.25) is 0 Å². The first kappa shape index (κ1) is 24.2. The minimum absolute atomic E-state index is 0.629. The zero-order chi connectivity index (χ0) is 21.6. The number of hydrogen-bond donors (Lipinski definition) is 1. The molecule has 0 saturated carbocycles. The number of benzene rings is 2. The van der Waals surface area contributed by atoms with Crippen molar-refractivity contribution in [3.8, 4) is 5.75 Å². The molecule has 0 bridgehead atoms. The summed E-state index contributed by atoms with van der Waals surface area (Å²) in [6.45, 7) is 9.25. The van der Waals surface area contributed by atoms with Gasteiger partial charge in [0, 0.05) is 24.0 Å². The molecule has 30 heavy (non-hydrogen) atoms. The molecule has 2 rings (SSSR count). The van der Waals surface area contributed by atoms with Crippen molar-refractivity contribution in [3.05, 3.63) is 42.0 Å². The van der Waals surface area contributed by atoms with Gasteiger partial charge in [0.2, 0.25) is 0 Å². The van der Waals surface area contributed by atoms with Gasteiger partial charge in [-0.3, -0.25) is 5.41 Å². The fourth-order valence-electron chi connectivity index (χ4n) is 4.07. The first-order chi connectivity index (χ1) is 14.7. The zero-order valence-corrected chi connectivity index (χ0v) is 19.5. The van der Waals surface area contributed by atoms with E-state index in [1.165, 1.54) is 44.9 Å². The number of nitrogens with one attached hydrogen (secondary N) is 1. The van der Waals surface area contributed by atoms with Gasteiger partial charge in [0.25, 0.3) is 0 Å². The molecule has 3 nitrogen and oxygen atoms in total. The molecule has 0 aliphatic rings. The summed E-state index contributed by atoms with van der Waals surface area (Å²) in [6.07, 6.45) is 12.6. The number of amidine groups is 1. The third kappa shape index (κ3) is 7.34. The standard InChI is InChI=1S/C27H42N2O/c1-4-7-8-9-10-11-12-15-22-30-26-19-18-25(23-16-13-14-17-24(23)26)27(28)29(20-5-2)21-6-3/h13-14,16-19,28H,4-12,15,20-22H2,1-3H3. The molecule has 1 N–H and O–H groups in total. The van der Waals surface area contributed by atoms with E-state index < -0.39 is 0 Å². The van der Waals surface area contributed by atoms with Gasteiger partial charge in [-0.25, -0.2) is 0 Å². The van der Waals surface area contributed by atoms with Gasteiger partial charge in [-0.15, -0.1) is 0 Å². The Morgan fingerprint density at radius 1 is 0.733 bits per heavy atom. The highest BCUT2D eigenvalue weighted by atomic mass is 16.5. The maximum atomic E-state index is 8.81. The van der Waals surface area contributed by atoms with E-state index in [0.29, 0.717) is 5.84 Å². The highest BCUT2D eigenvalue weighted by Gasteiger charge is 2.15. The summed E-state index contributed by atoms with van der Waals surface area (Å²) in [6, 6.07) is 12.5. The molecule has 0 aliphatic heterocycles. The summed E-state index contributed by atoms with van der Waals surface area (Å²) in [5.41, 5.74) is 1.01. The maximum Gasteiger partial charge on any atom is 0.128 e. The van der Waals surface area contributed by atoms with Crippen LogP contribution in [0.3, 0.4) is 0 Å². The number of fused-ring (bicyclic) bond motifs is 1. The van der Waals surface area contributed by atoms with Crippen LogP contribution < -0.4 is 4.74 Å². The quantitative estimate of drug-likeness (QED) is 0.185. The Labute approximate surface area is 184 Å². The molecule has 166 valence electrons. The van der Waals surface area contributed by atoms with Gasteiger partial charge >= 0.3 is 0 Å². The molecule has 0 heterocycles. The molecule has 0 aliphatic carbocycles. The third-order valence-corrected chi connectivity index (χ3v) is 5.70. The van der Waals surface area contributed by atoms with Crippen molar-refractivity contribution in [3.63, 3.8) is 0 Å². The molecule has 0 saturated heterocycles. The second-order valence-corrected chi connectivity index (χ2v) is 8.32. The van der Waals surface area contributed by atoms with Crippen LogP contribution in [-0.2, 0) is 0 Å². The summed E-state index contributed by atoms with van der Waals surface area (Å²) in [5, 5.41) is 11.0. The van der Waals surface area contributed by atoms with Gasteiger partial charge in [-0.2, -0.15) is 0 Å². The smallest absolute Gasteiger partial charge is 0.128 e. The molecular weight excluding hydrogens is 368 g/mol. The lowest BCUT2D eigenvalue weighted by atomic mass is 10.0. The number of ether oxygens (including phenoxy) is 1. The van der Waals surface area contributed by atoms with Crippen molar-refractivity contribution < 1.29 is 4.74 Å². The monoisotopic (exact) mass is 410 g/mol. The molecule has 0 fully saturated rings. The summed E-state index contributed by atoms with van der Waals surface area (Å²) in [4.78, 5) is 2.20. The Balaban J connectivity index is 1.97. The number of rotatable bonds is 15. The van der Waals surface area contributed by atoms with Crippen LogP contribution in [0.1, 0.15) is 90.5 Å².